The minimum Gasteiger partial charge on any atom is -0.366 e. The van der Waals surface area contributed by atoms with Crippen molar-refractivity contribution in [3.63, 3.8) is 0 Å². The highest BCUT2D eigenvalue weighted by molar-refractivity contribution is 5.93. The number of amides is 1. The molecule has 5 heteroatoms. The van der Waals surface area contributed by atoms with E-state index in [1.807, 2.05) is 0 Å². The Bertz CT molecular complexity index is 561. The van der Waals surface area contributed by atoms with Crippen molar-refractivity contribution in [2.45, 2.75) is 39.0 Å². The van der Waals surface area contributed by atoms with Gasteiger partial charge in [0.1, 0.15) is 0 Å². The Morgan fingerprint density at radius 3 is 2.60 bits per heavy atom. The van der Waals surface area contributed by atoms with E-state index in [2.05, 4.69) is 17.1 Å². The molecule has 1 aromatic heterocycles. The van der Waals surface area contributed by atoms with Crippen molar-refractivity contribution in [1.29, 1.82) is 0 Å². The Morgan fingerprint density at radius 1 is 1.20 bits per heavy atom. The predicted octanol–water partition coefficient (Wildman–Crippen LogP) is 2.96. The fourth-order valence-corrected chi connectivity index (χ4v) is 1.96. The van der Waals surface area contributed by atoms with Crippen molar-refractivity contribution in [2.75, 3.05) is 0 Å². The number of hydrogen-bond donors (Lipinski definition) is 1. The number of rotatable bonds is 7. The molecule has 1 heterocycles. The lowest BCUT2D eigenvalue weighted by atomic mass is 10.1. The quantitative estimate of drug-likeness (QED) is 0.786. The lowest BCUT2D eigenvalue weighted by molar-refractivity contribution is 0.100. The largest absolute Gasteiger partial charge is 0.366 e. The first-order valence-electron chi connectivity index (χ1n) is 6.93. The summed E-state index contributed by atoms with van der Waals surface area (Å²) in [4.78, 5) is 15.4. The van der Waals surface area contributed by atoms with Gasteiger partial charge in [-0.05, 0) is 18.6 Å². The molecule has 0 aliphatic carbocycles. The summed E-state index contributed by atoms with van der Waals surface area (Å²) in [5.41, 5.74) is 6.48. The van der Waals surface area contributed by atoms with Gasteiger partial charge in [0.05, 0.1) is 0 Å². The molecule has 0 unspecified atom stereocenters. The van der Waals surface area contributed by atoms with Crippen LogP contribution in [0.25, 0.3) is 11.4 Å². The Balaban J connectivity index is 1.99. The number of hydrogen-bond acceptors (Lipinski definition) is 4. The van der Waals surface area contributed by atoms with Gasteiger partial charge in [-0.1, -0.05) is 43.5 Å². The highest BCUT2D eigenvalue weighted by Gasteiger charge is 2.09. The molecule has 0 atom stereocenters. The van der Waals surface area contributed by atoms with Crippen molar-refractivity contribution in [3.8, 4) is 11.4 Å². The van der Waals surface area contributed by atoms with E-state index in [1.165, 1.54) is 19.3 Å². The molecule has 5 nitrogen and oxygen atoms in total. The summed E-state index contributed by atoms with van der Waals surface area (Å²) in [6.07, 6.45) is 5.50. The van der Waals surface area contributed by atoms with Crippen LogP contribution in [0.2, 0.25) is 0 Å². The van der Waals surface area contributed by atoms with E-state index in [4.69, 9.17) is 10.3 Å². The number of nitrogens with zero attached hydrogens (tertiary/aromatic N) is 2. The van der Waals surface area contributed by atoms with Gasteiger partial charge in [-0.15, -0.1) is 0 Å². The van der Waals surface area contributed by atoms with Gasteiger partial charge < -0.3 is 10.3 Å². The highest BCUT2D eigenvalue weighted by atomic mass is 16.5. The molecule has 0 bridgehead atoms. The van der Waals surface area contributed by atoms with Crippen molar-refractivity contribution in [2.24, 2.45) is 5.73 Å². The molecule has 0 aliphatic rings. The Morgan fingerprint density at radius 2 is 1.95 bits per heavy atom. The number of unbranched alkanes of at least 4 members (excludes halogenated alkanes) is 3. The Kier molecular flexibility index (Phi) is 4.87. The van der Waals surface area contributed by atoms with Gasteiger partial charge in [0.25, 0.3) is 0 Å². The molecular weight excluding hydrogens is 254 g/mol. The van der Waals surface area contributed by atoms with Crippen LogP contribution in [0, 0.1) is 0 Å². The van der Waals surface area contributed by atoms with Crippen LogP contribution < -0.4 is 5.73 Å². The van der Waals surface area contributed by atoms with Gasteiger partial charge in [0.2, 0.25) is 17.6 Å². The number of benzene rings is 1. The molecule has 2 N–H and O–H groups in total. The van der Waals surface area contributed by atoms with Crippen LogP contribution in [0.15, 0.2) is 28.8 Å². The first-order valence-corrected chi connectivity index (χ1v) is 6.93. The fourth-order valence-electron chi connectivity index (χ4n) is 1.96. The summed E-state index contributed by atoms with van der Waals surface area (Å²) in [6.45, 7) is 2.18. The first kappa shape index (κ1) is 14.2. The lowest BCUT2D eigenvalue weighted by Crippen LogP contribution is -2.10. The van der Waals surface area contributed by atoms with Gasteiger partial charge >= 0.3 is 0 Å². The third-order valence-electron chi connectivity index (χ3n) is 3.14. The van der Waals surface area contributed by atoms with Gasteiger partial charge in [-0.3, -0.25) is 4.79 Å². The van der Waals surface area contributed by atoms with Crippen LogP contribution in [0.1, 0.15) is 48.9 Å². The van der Waals surface area contributed by atoms with E-state index < -0.39 is 5.91 Å². The monoisotopic (exact) mass is 273 g/mol. The fraction of sp³-hybridized carbons (Fsp3) is 0.400. The Hall–Kier alpha value is -2.17. The maximum atomic E-state index is 11.0. The lowest BCUT2D eigenvalue weighted by Gasteiger charge is -1.96. The van der Waals surface area contributed by atoms with E-state index in [9.17, 15) is 4.79 Å². The normalized spacial score (nSPS) is 10.7. The maximum Gasteiger partial charge on any atom is 0.248 e. The Labute approximate surface area is 118 Å². The van der Waals surface area contributed by atoms with Crippen LogP contribution in [0.3, 0.4) is 0 Å². The van der Waals surface area contributed by atoms with E-state index in [0.29, 0.717) is 17.3 Å². The molecule has 106 valence electrons. The second-order valence-electron chi connectivity index (χ2n) is 4.76. The summed E-state index contributed by atoms with van der Waals surface area (Å²) in [7, 11) is 0. The van der Waals surface area contributed by atoms with Crippen LogP contribution >= 0.6 is 0 Å². The predicted molar refractivity (Wildman–Crippen MR) is 76.1 cm³/mol. The molecule has 0 saturated carbocycles. The molecule has 1 amide bonds. The maximum absolute atomic E-state index is 11.0. The number of carbonyl (C=O) groups is 1. The molecule has 20 heavy (non-hydrogen) atoms. The average Bonchev–Trinajstić information content (AvgIpc) is 2.92. The molecule has 0 radical (unpaired) electrons. The number of aryl methyl sites for hydroxylation is 1. The zero-order valence-electron chi connectivity index (χ0n) is 11.6. The van der Waals surface area contributed by atoms with Gasteiger partial charge in [0, 0.05) is 17.5 Å². The molecule has 0 saturated heterocycles. The standard InChI is InChI=1S/C15H19N3O2/c1-2-3-4-5-6-13-17-15(18-20-13)12-9-7-11(8-10-12)14(16)19/h7-10H,2-6H2,1H3,(H2,16,19). The third kappa shape index (κ3) is 3.66. The summed E-state index contributed by atoms with van der Waals surface area (Å²) in [5, 5.41) is 3.96. The highest BCUT2D eigenvalue weighted by Crippen LogP contribution is 2.17. The topological polar surface area (TPSA) is 82.0 Å². The van der Waals surface area contributed by atoms with E-state index in [-0.39, 0.29) is 0 Å². The van der Waals surface area contributed by atoms with E-state index in [0.717, 1.165) is 18.4 Å². The van der Waals surface area contributed by atoms with E-state index >= 15 is 0 Å². The average molecular weight is 273 g/mol. The zero-order valence-corrected chi connectivity index (χ0v) is 11.6. The second-order valence-corrected chi connectivity index (χ2v) is 4.76. The van der Waals surface area contributed by atoms with Crippen LogP contribution in [0.4, 0.5) is 0 Å². The van der Waals surface area contributed by atoms with Crippen molar-refractivity contribution >= 4 is 5.91 Å². The van der Waals surface area contributed by atoms with Crippen molar-refractivity contribution < 1.29 is 9.32 Å². The molecular formula is C15H19N3O2. The SMILES string of the molecule is CCCCCCc1nc(-c2ccc(C(N)=O)cc2)no1. The molecule has 0 spiro atoms. The minimum absolute atomic E-state index is 0.443. The molecule has 0 aliphatic heterocycles. The summed E-state index contributed by atoms with van der Waals surface area (Å²) in [6, 6.07) is 6.86. The molecule has 1 aromatic carbocycles. The van der Waals surface area contributed by atoms with Crippen molar-refractivity contribution in [1.82, 2.24) is 10.1 Å². The van der Waals surface area contributed by atoms with Crippen LogP contribution in [-0.4, -0.2) is 16.0 Å². The van der Waals surface area contributed by atoms with Crippen molar-refractivity contribution in [3.05, 3.63) is 35.7 Å². The molecule has 0 fully saturated rings. The van der Waals surface area contributed by atoms with E-state index in [1.54, 1.807) is 24.3 Å². The minimum atomic E-state index is -0.443. The number of aromatic nitrogens is 2. The zero-order chi connectivity index (χ0) is 14.4. The van der Waals surface area contributed by atoms with Crippen LogP contribution in [0.5, 0.6) is 0 Å². The number of primary amides is 1. The van der Waals surface area contributed by atoms with Gasteiger partial charge in [-0.25, -0.2) is 0 Å². The third-order valence-corrected chi connectivity index (χ3v) is 3.14. The summed E-state index contributed by atoms with van der Waals surface area (Å²) in [5.74, 6) is 0.767. The first-order chi connectivity index (χ1) is 9.70. The number of nitrogens with two attached hydrogens (primary N) is 1. The summed E-state index contributed by atoms with van der Waals surface area (Å²) < 4.78 is 5.22. The smallest absolute Gasteiger partial charge is 0.248 e. The summed E-state index contributed by atoms with van der Waals surface area (Å²) >= 11 is 0. The van der Waals surface area contributed by atoms with Gasteiger partial charge in [-0.2, -0.15) is 4.98 Å². The second kappa shape index (κ2) is 6.84. The molecule has 2 rings (SSSR count). The number of carbonyl (C=O) groups excluding carboxylic acids is 1. The van der Waals surface area contributed by atoms with Crippen LogP contribution in [-0.2, 0) is 6.42 Å². The van der Waals surface area contributed by atoms with Gasteiger partial charge in [0.15, 0.2) is 0 Å². The molecule has 2 aromatic rings.